The largest absolute Gasteiger partial charge is 0.508 e. The van der Waals surface area contributed by atoms with Crippen LogP contribution in [0.1, 0.15) is 17.0 Å². The normalized spacial score (nSPS) is 16.9. The molecular weight excluding hydrogens is 272 g/mol. The molecule has 0 amide bonds. The van der Waals surface area contributed by atoms with Gasteiger partial charge in [-0.15, -0.1) is 0 Å². The molecule has 0 aromatic heterocycles. The lowest BCUT2D eigenvalue weighted by molar-refractivity contribution is 0.257. The van der Waals surface area contributed by atoms with Crippen molar-refractivity contribution >= 4 is 0 Å². The Bertz CT molecular complexity index is 681. The van der Waals surface area contributed by atoms with Gasteiger partial charge < -0.3 is 24.8 Å². The summed E-state index contributed by atoms with van der Waals surface area (Å²) in [5.74, 6) is 0.550. The van der Waals surface area contributed by atoms with E-state index in [1.165, 1.54) is 7.11 Å². The topological polar surface area (TPSA) is 79.2 Å². The van der Waals surface area contributed by atoms with Gasteiger partial charge in [-0.3, -0.25) is 0 Å². The van der Waals surface area contributed by atoms with Gasteiger partial charge in [-0.1, -0.05) is 12.1 Å². The molecule has 0 radical (unpaired) electrons. The summed E-state index contributed by atoms with van der Waals surface area (Å²) in [7, 11) is 1.43. The average Bonchev–Trinajstić information content (AvgIpc) is 2.49. The second-order valence-electron chi connectivity index (χ2n) is 5.06. The molecule has 1 atom stereocenters. The summed E-state index contributed by atoms with van der Waals surface area (Å²) >= 11 is 0. The van der Waals surface area contributed by atoms with E-state index >= 15 is 0 Å². The monoisotopic (exact) mass is 288 g/mol. The van der Waals surface area contributed by atoms with Crippen molar-refractivity contribution in [3.8, 4) is 28.7 Å². The zero-order valence-electron chi connectivity index (χ0n) is 11.5. The highest BCUT2D eigenvalue weighted by Gasteiger charge is 2.26. The summed E-state index contributed by atoms with van der Waals surface area (Å²) in [4.78, 5) is 0. The standard InChI is InChI=1S/C16H16O5/c1-20-13-5-4-12(15(18)16(13)19)10-6-9-2-3-11(17)7-14(9)21-8-10/h2-5,7,10,17-19H,6,8H2,1H3/t10-/m0/s1. The summed E-state index contributed by atoms with van der Waals surface area (Å²) in [6.45, 7) is 0.371. The first-order chi connectivity index (χ1) is 10.1. The minimum atomic E-state index is -0.258. The third kappa shape index (κ3) is 2.31. The average molecular weight is 288 g/mol. The Hall–Kier alpha value is -2.56. The molecule has 0 saturated carbocycles. The van der Waals surface area contributed by atoms with E-state index in [9.17, 15) is 15.3 Å². The zero-order chi connectivity index (χ0) is 15.0. The zero-order valence-corrected chi connectivity index (χ0v) is 11.5. The predicted molar refractivity (Wildman–Crippen MR) is 76.4 cm³/mol. The SMILES string of the molecule is COc1ccc([C@@H]2COc3cc(O)ccc3C2)c(O)c1O. The molecule has 3 rings (SSSR count). The highest BCUT2D eigenvalue weighted by Crippen LogP contribution is 2.43. The van der Waals surface area contributed by atoms with Gasteiger partial charge >= 0.3 is 0 Å². The smallest absolute Gasteiger partial charge is 0.200 e. The predicted octanol–water partition coefficient (Wildman–Crippen LogP) is 2.53. The van der Waals surface area contributed by atoms with E-state index in [1.54, 1.807) is 30.3 Å². The fraction of sp³-hybridized carbons (Fsp3) is 0.250. The van der Waals surface area contributed by atoms with Crippen LogP contribution >= 0.6 is 0 Å². The molecule has 2 aromatic rings. The number of methoxy groups -OCH3 is 1. The van der Waals surface area contributed by atoms with Crippen molar-refractivity contribution in [3.05, 3.63) is 41.5 Å². The van der Waals surface area contributed by atoms with Crippen LogP contribution in [0, 0.1) is 0 Å². The maximum Gasteiger partial charge on any atom is 0.200 e. The van der Waals surface area contributed by atoms with Crippen LogP contribution in [-0.2, 0) is 6.42 Å². The third-order valence-corrected chi connectivity index (χ3v) is 3.76. The highest BCUT2D eigenvalue weighted by atomic mass is 16.5. The van der Waals surface area contributed by atoms with Crippen molar-refractivity contribution in [2.45, 2.75) is 12.3 Å². The molecule has 0 bridgehead atoms. The molecule has 0 fully saturated rings. The molecule has 0 unspecified atom stereocenters. The van der Waals surface area contributed by atoms with Gasteiger partial charge in [-0.25, -0.2) is 0 Å². The Kier molecular flexibility index (Phi) is 3.25. The summed E-state index contributed by atoms with van der Waals surface area (Å²) in [5.41, 5.74) is 1.57. The van der Waals surface area contributed by atoms with E-state index in [1.807, 2.05) is 0 Å². The lowest BCUT2D eigenvalue weighted by Crippen LogP contribution is -2.19. The number of hydrogen-bond donors (Lipinski definition) is 3. The second kappa shape index (κ2) is 5.09. The Labute approximate surface area is 122 Å². The Morgan fingerprint density at radius 3 is 2.67 bits per heavy atom. The van der Waals surface area contributed by atoms with Crippen molar-refractivity contribution in [2.75, 3.05) is 13.7 Å². The van der Waals surface area contributed by atoms with Gasteiger partial charge in [0.15, 0.2) is 11.5 Å². The molecule has 1 aliphatic rings. The van der Waals surface area contributed by atoms with Gasteiger partial charge in [-0.2, -0.15) is 0 Å². The maximum absolute atomic E-state index is 10.1. The van der Waals surface area contributed by atoms with Gasteiger partial charge in [-0.05, 0) is 24.1 Å². The molecular formula is C16H16O5. The van der Waals surface area contributed by atoms with E-state index in [-0.39, 0.29) is 28.9 Å². The van der Waals surface area contributed by atoms with Gasteiger partial charge in [0.05, 0.1) is 13.7 Å². The van der Waals surface area contributed by atoms with Gasteiger partial charge in [0.2, 0.25) is 5.75 Å². The van der Waals surface area contributed by atoms with Crippen LogP contribution in [0.25, 0.3) is 0 Å². The highest BCUT2D eigenvalue weighted by molar-refractivity contribution is 5.56. The van der Waals surface area contributed by atoms with E-state index in [4.69, 9.17) is 9.47 Å². The maximum atomic E-state index is 10.1. The van der Waals surface area contributed by atoms with Crippen molar-refractivity contribution in [1.29, 1.82) is 0 Å². The molecule has 1 heterocycles. The number of phenols is 3. The summed E-state index contributed by atoms with van der Waals surface area (Å²) in [6.07, 6.45) is 0.662. The number of rotatable bonds is 2. The van der Waals surface area contributed by atoms with Gasteiger partial charge in [0, 0.05) is 17.5 Å². The minimum absolute atomic E-state index is 0.0705. The molecule has 5 heteroatoms. The van der Waals surface area contributed by atoms with Gasteiger partial charge in [0.25, 0.3) is 0 Å². The minimum Gasteiger partial charge on any atom is -0.508 e. The first kappa shape index (κ1) is 13.4. The molecule has 5 nitrogen and oxygen atoms in total. The Morgan fingerprint density at radius 2 is 1.90 bits per heavy atom. The molecule has 110 valence electrons. The summed E-state index contributed by atoms with van der Waals surface area (Å²) in [5, 5.41) is 29.5. The molecule has 0 aliphatic carbocycles. The fourth-order valence-electron chi connectivity index (χ4n) is 2.63. The number of benzene rings is 2. The quantitative estimate of drug-likeness (QED) is 0.740. The number of ether oxygens (including phenoxy) is 2. The van der Waals surface area contributed by atoms with Crippen LogP contribution in [0.3, 0.4) is 0 Å². The molecule has 1 aliphatic heterocycles. The summed E-state index contributed by atoms with van der Waals surface area (Å²) < 4.78 is 10.6. The Balaban J connectivity index is 1.93. The molecule has 21 heavy (non-hydrogen) atoms. The lowest BCUT2D eigenvalue weighted by Gasteiger charge is -2.26. The first-order valence-electron chi connectivity index (χ1n) is 6.63. The third-order valence-electron chi connectivity index (χ3n) is 3.76. The van der Waals surface area contributed by atoms with Gasteiger partial charge in [0.1, 0.15) is 11.5 Å². The molecule has 0 spiro atoms. The lowest BCUT2D eigenvalue weighted by atomic mass is 9.89. The van der Waals surface area contributed by atoms with E-state index in [0.717, 1.165) is 5.56 Å². The van der Waals surface area contributed by atoms with Crippen molar-refractivity contribution in [2.24, 2.45) is 0 Å². The van der Waals surface area contributed by atoms with Crippen molar-refractivity contribution in [3.63, 3.8) is 0 Å². The van der Waals surface area contributed by atoms with Crippen LogP contribution < -0.4 is 9.47 Å². The first-order valence-corrected chi connectivity index (χ1v) is 6.63. The van der Waals surface area contributed by atoms with Crippen LogP contribution in [0.5, 0.6) is 28.7 Å². The summed E-state index contributed by atoms with van der Waals surface area (Å²) in [6, 6.07) is 8.34. The Morgan fingerprint density at radius 1 is 1.10 bits per heavy atom. The molecule has 2 aromatic carbocycles. The fourth-order valence-corrected chi connectivity index (χ4v) is 2.63. The second-order valence-corrected chi connectivity index (χ2v) is 5.06. The van der Waals surface area contributed by atoms with Crippen LogP contribution in [0.4, 0.5) is 0 Å². The van der Waals surface area contributed by atoms with E-state index in [2.05, 4.69) is 0 Å². The number of aromatic hydroxyl groups is 3. The van der Waals surface area contributed by atoms with E-state index < -0.39 is 0 Å². The number of hydrogen-bond acceptors (Lipinski definition) is 5. The van der Waals surface area contributed by atoms with E-state index in [0.29, 0.717) is 24.3 Å². The molecule has 3 N–H and O–H groups in total. The number of fused-ring (bicyclic) bond motifs is 1. The molecule has 0 saturated heterocycles. The van der Waals surface area contributed by atoms with Crippen molar-refractivity contribution in [1.82, 2.24) is 0 Å². The van der Waals surface area contributed by atoms with Crippen LogP contribution in [0.2, 0.25) is 0 Å². The van der Waals surface area contributed by atoms with Crippen molar-refractivity contribution < 1.29 is 24.8 Å². The number of phenolic OH excluding ortho intramolecular Hbond substituents is 3. The van der Waals surface area contributed by atoms with Crippen LogP contribution in [0.15, 0.2) is 30.3 Å². The van der Waals surface area contributed by atoms with Crippen LogP contribution in [-0.4, -0.2) is 29.0 Å².